The van der Waals surface area contributed by atoms with Gasteiger partial charge in [-0.3, -0.25) is 30.0 Å². The Labute approximate surface area is 134 Å². The minimum atomic E-state index is -0.764. The Bertz CT molecular complexity index is 892. The van der Waals surface area contributed by atoms with Crippen LogP contribution in [0, 0.1) is 20.2 Å². The van der Waals surface area contributed by atoms with Gasteiger partial charge in [-0.05, 0) is 0 Å². The molecule has 0 spiro atoms. The lowest BCUT2D eigenvalue weighted by Crippen LogP contribution is -2.15. The third-order valence-electron chi connectivity index (χ3n) is 3.46. The number of benzodiazepines with no additional fused rings is 1. The fourth-order valence-electron chi connectivity index (χ4n) is 2.44. The number of benzene rings is 2. The van der Waals surface area contributed by atoms with Crippen LogP contribution in [0.3, 0.4) is 0 Å². The van der Waals surface area contributed by atoms with E-state index in [-0.39, 0.29) is 23.5 Å². The predicted molar refractivity (Wildman–Crippen MR) is 85.3 cm³/mol. The van der Waals surface area contributed by atoms with Gasteiger partial charge < -0.3 is 5.32 Å². The Kier molecular flexibility index (Phi) is 3.74. The maximum atomic E-state index is 11.8. The molecule has 1 heterocycles. The first kappa shape index (κ1) is 15.3. The van der Waals surface area contributed by atoms with Gasteiger partial charge in [-0.2, -0.15) is 0 Å². The number of carbonyl (C=O) groups is 1. The molecular weight excluding hydrogens is 316 g/mol. The van der Waals surface area contributed by atoms with Crippen LogP contribution in [0.4, 0.5) is 17.1 Å². The Morgan fingerprint density at radius 3 is 2.38 bits per heavy atom. The third kappa shape index (κ3) is 2.70. The van der Waals surface area contributed by atoms with Crippen LogP contribution in [0.5, 0.6) is 0 Å². The molecule has 0 saturated heterocycles. The number of nitro groups is 2. The second-order valence-corrected chi connectivity index (χ2v) is 4.98. The Balaban J connectivity index is 2.32. The van der Waals surface area contributed by atoms with Gasteiger partial charge in [-0.25, -0.2) is 0 Å². The summed E-state index contributed by atoms with van der Waals surface area (Å²) in [4.78, 5) is 36.9. The van der Waals surface area contributed by atoms with E-state index in [4.69, 9.17) is 0 Å². The quantitative estimate of drug-likeness (QED) is 0.683. The molecule has 0 fully saturated rings. The minimum Gasteiger partial charge on any atom is -0.318 e. The van der Waals surface area contributed by atoms with Crippen molar-refractivity contribution in [3.63, 3.8) is 0 Å². The largest absolute Gasteiger partial charge is 0.318 e. The molecule has 0 unspecified atom stereocenters. The predicted octanol–water partition coefficient (Wildman–Crippen LogP) is 2.29. The fraction of sp³-hybridized carbons (Fsp3) is 0.0667. The maximum absolute atomic E-state index is 11.8. The summed E-state index contributed by atoms with van der Waals surface area (Å²) in [6.45, 7) is -0.232. The molecule has 0 aliphatic carbocycles. The average molecular weight is 326 g/mol. The molecule has 0 bridgehead atoms. The van der Waals surface area contributed by atoms with Gasteiger partial charge in [-0.15, -0.1) is 0 Å². The van der Waals surface area contributed by atoms with E-state index >= 15 is 0 Å². The Morgan fingerprint density at radius 1 is 1.04 bits per heavy atom. The first-order valence-corrected chi connectivity index (χ1v) is 6.84. The first-order chi connectivity index (χ1) is 11.5. The summed E-state index contributed by atoms with van der Waals surface area (Å²) in [5.74, 6) is -0.529. The molecule has 0 atom stereocenters. The highest BCUT2D eigenvalue weighted by Crippen LogP contribution is 2.35. The summed E-state index contributed by atoms with van der Waals surface area (Å²) >= 11 is 0. The number of nitrogens with zero attached hydrogens (tertiary/aromatic N) is 3. The van der Waals surface area contributed by atoms with Crippen LogP contribution in [-0.4, -0.2) is 28.0 Å². The number of nitro benzene ring substituents is 2. The molecule has 1 amide bonds. The Hall–Kier alpha value is -3.62. The molecule has 1 N–H and O–H groups in total. The lowest BCUT2D eigenvalue weighted by molar-refractivity contribution is -0.393. The first-order valence-electron chi connectivity index (χ1n) is 6.84. The number of nitrogens with one attached hydrogen (secondary N) is 1. The summed E-state index contributed by atoms with van der Waals surface area (Å²) in [5, 5.41) is 24.8. The van der Waals surface area contributed by atoms with Crippen LogP contribution >= 0.6 is 0 Å². The van der Waals surface area contributed by atoms with Crippen LogP contribution in [-0.2, 0) is 4.79 Å². The number of hydrogen-bond acceptors (Lipinski definition) is 6. The van der Waals surface area contributed by atoms with Crippen molar-refractivity contribution in [2.45, 2.75) is 0 Å². The smallest absolute Gasteiger partial charge is 0.300 e. The topological polar surface area (TPSA) is 128 Å². The summed E-state index contributed by atoms with van der Waals surface area (Å²) in [6, 6.07) is 10.7. The SMILES string of the molecule is O=C1CN=C(c2ccccc2)c2cc([N+](=O)[O-])cc([N+](=O)[O-])c2N1. The van der Waals surface area contributed by atoms with E-state index in [2.05, 4.69) is 10.3 Å². The van der Waals surface area contributed by atoms with Crippen molar-refractivity contribution in [2.75, 3.05) is 11.9 Å². The van der Waals surface area contributed by atoms with Crippen LogP contribution in [0.1, 0.15) is 11.1 Å². The third-order valence-corrected chi connectivity index (χ3v) is 3.46. The highest BCUT2D eigenvalue weighted by Gasteiger charge is 2.29. The summed E-state index contributed by atoms with van der Waals surface area (Å²) in [7, 11) is 0. The summed E-state index contributed by atoms with van der Waals surface area (Å²) in [6.07, 6.45) is 0. The van der Waals surface area contributed by atoms with E-state index in [1.807, 2.05) is 0 Å². The Morgan fingerprint density at radius 2 is 1.75 bits per heavy atom. The molecule has 1 aliphatic heterocycles. The van der Waals surface area contributed by atoms with Crippen molar-refractivity contribution in [3.8, 4) is 0 Å². The van der Waals surface area contributed by atoms with Gasteiger partial charge in [0.2, 0.25) is 5.91 Å². The number of fused-ring (bicyclic) bond motifs is 1. The molecule has 9 nitrogen and oxygen atoms in total. The number of hydrogen-bond donors (Lipinski definition) is 1. The zero-order valence-electron chi connectivity index (χ0n) is 12.1. The van der Waals surface area contributed by atoms with Crippen LogP contribution in [0.15, 0.2) is 47.5 Å². The molecule has 2 aromatic rings. The zero-order valence-corrected chi connectivity index (χ0v) is 12.1. The standard InChI is InChI=1S/C15H10N4O5/c20-13-8-16-14(9-4-2-1-3-5-9)11-6-10(18(21)22)7-12(19(23)24)15(11)17-13/h1-7H,8H2,(H,17,20). The van der Waals surface area contributed by atoms with E-state index in [0.717, 1.165) is 6.07 Å². The van der Waals surface area contributed by atoms with Gasteiger partial charge >= 0.3 is 0 Å². The van der Waals surface area contributed by atoms with Crippen molar-refractivity contribution in [3.05, 3.63) is 73.8 Å². The lowest BCUT2D eigenvalue weighted by atomic mass is 9.99. The van der Waals surface area contributed by atoms with Crippen molar-refractivity contribution < 1.29 is 14.6 Å². The van der Waals surface area contributed by atoms with E-state index in [1.54, 1.807) is 30.3 Å². The maximum Gasteiger partial charge on any atom is 0.300 e. The molecule has 0 radical (unpaired) electrons. The van der Waals surface area contributed by atoms with Gasteiger partial charge in [0.1, 0.15) is 12.2 Å². The summed E-state index contributed by atoms with van der Waals surface area (Å²) in [5.41, 5.74) is -0.0391. The highest BCUT2D eigenvalue weighted by atomic mass is 16.6. The number of rotatable bonds is 3. The number of anilines is 1. The molecule has 0 saturated carbocycles. The van der Waals surface area contributed by atoms with Crippen LogP contribution in [0.2, 0.25) is 0 Å². The van der Waals surface area contributed by atoms with Crippen LogP contribution < -0.4 is 5.32 Å². The van der Waals surface area contributed by atoms with Crippen molar-refractivity contribution in [1.82, 2.24) is 0 Å². The van der Waals surface area contributed by atoms with Crippen molar-refractivity contribution >= 4 is 28.7 Å². The molecule has 24 heavy (non-hydrogen) atoms. The summed E-state index contributed by atoms with van der Waals surface area (Å²) < 4.78 is 0. The second kappa shape index (κ2) is 5.88. The fourth-order valence-corrected chi connectivity index (χ4v) is 2.44. The van der Waals surface area contributed by atoms with E-state index in [1.165, 1.54) is 6.07 Å². The molecule has 3 rings (SSSR count). The van der Waals surface area contributed by atoms with Gasteiger partial charge in [0.15, 0.2) is 0 Å². The molecular formula is C15H10N4O5. The number of aliphatic imine (C=N–C) groups is 1. The van der Waals surface area contributed by atoms with Crippen molar-refractivity contribution in [2.24, 2.45) is 4.99 Å². The van der Waals surface area contributed by atoms with E-state index in [9.17, 15) is 25.0 Å². The molecule has 9 heteroatoms. The van der Waals surface area contributed by atoms with Gasteiger partial charge in [0.05, 0.1) is 21.6 Å². The van der Waals surface area contributed by atoms with Gasteiger partial charge in [-0.1, -0.05) is 30.3 Å². The lowest BCUT2D eigenvalue weighted by Gasteiger charge is -2.10. The molecule has 2 aromatic carbocycles. The van der Waals surface area contributed by atoms with Gasteiger partial charge in [0, 0.05) is 17.2 Å². The molecule has 120 valence electrons. The monoisotopic (exact) mass is 326 g/mol. The molecule has 1 aliphatic rings. The van der Waals surface area contributed by atoms with E-state index < -0.39 is 27.1 Å². The highest BCUT2D eigenvalue weighted by molar-refractivity contribution is 6.20. The average Bonchev–Trinajstić information content (AvgIpc) is 2.72. The second-order valence-electron chi connectivity index (χ2n) is 4.98. The molecule has 0 aromatic heterocycles. The van der Waals surface area contributed by atoms with E-state index in [0.29, 0.717) is 5.56 Å². The van der Waals surface area contributed by atoms with Crippen molar-refractivity contribution in [1.29, 1.82) is 0 Å². The van der Waals surface area contributed by atoms with Crippen LogP contribution in [0.25, 0.3) is 0 Å². The number of carbonyl (C=O) groups excluding carboxylic acids is 1. The number of non-ortho nitro benzene ring substituents is 1. The minimum absolute atomic E-state index is 0.0873. The zero-order chi connectivity index (χ0) is 17.3. The van der Waals surface area contributed by atoms with Gasteiger partial charge in [0.25, 0.3) is 11.4 Å². The normalized spacial score (nSPS) is 13.3. The number of amides is 1.